The van der Waals surface area contributed by atoms with Gasteiger partial charge >= 0.3 is 0 Å². The minimum absolute atomic E-state index is 0.161. The van der Waals surface area contributed by atoms with Gasteiger partial charge in [0, 0.05) is 21.7 Å². The van der Waals surface area contributed by atoms with E-state index in [1.54, 1.807) is 25.3 Å². The highest BCUT2D eigenvalue weighted by atomic mass is 35.5. The van der Waals surface area contributed by atoms with Gasteiger partial charge in [-0.05, 0) is 31.2 Å². The highest BCUT2D eigenvalue weighted by Gasteiger charge is 2.24. The fourth-order valence-electron chi connectivity index (χ4n) is 2.60. The van der Waals surface area contributed by atoms with E-state index >= 15 is 0 Å². The molecule has 23 heavy (non-hydrogen) atoms. The number of fused-ring (bicyclic) bond motifs is 1. The second-order valence-electron chi connectivity index (χ2n) is 5.01. The van der Waals surface area contributed by atoms with Gasteiger partial charge in [0.15, 0.2) is 11.5 Å². The number of para-hydroxylation sites is 1. The Hall–Kier alpha value is -2.46. The molecule has 118 valence electrons. The standard InChI is InChI=1S/C18H16ClNO3/c1-3-23-16-6-4-5-11(17(16)22-2)9-14-13-8-7-12(19)10-15(13)20-18(14)21/h4-10H,3H2,1-2H3,(H,20,21). The van der Waals surface area contributed by atoms with Crippen molar-refractivity contribution in [1.29, 1.82) is 0 Å². The summed E-state index contributed by atoms with van der Waals surface area (Å²) in [4.78, 5) is 12.3. The first-order valence-corrected chi connectivity index (χ1v) is 7.64. The maximum absolute atomic E-state index is 12.3. The van der Waals surface area contributed by atoms with Crippen LogP contribution in [0.4, 0.5) is 5.69 Å². The summed E-state index contributed by atoms with van der Waals surface area (Å²) in [6, 6.07) is 10.9. The molecule has 0 saturated heterocycles. The first-order chi connectivity index (χ1) is 11.1. The van der Waals surface area contributed by atoms with Crippen LogP contribution < -0.4 is 14.8 Å². The van der Waals surface area contributed by atoms with Crippen LogP contribution in [0, 0.1) is 0 Å². The van der Waals surface area contributed by atoms with Gasteiger partial charge in [-0.25, -0.2) is 0 Å². The Morgan fingerprint density at radius 2 is 2.09 bits per heavy atom. The van der Waals surface area contributed by atoms with Gasteiger partial charge in [-0.1, -0.05) is 29.8 Å². The molecule has 0 aromatic heterocycles. The van der Waals surface area contributed by atoms with E-state index in [4.69, 9.17) is 21.1 Å². The molecular weight excluding hydrogens is 314 g/mol. The molecule has 2 aromatic rings. The van der Waals surface area contributed by atoms with Crippen LogP contribution in [0.1, 0.15) is 18.1 Å². The number of amides is 1. The Bertz CT molecular complexity index is 799. The van der Waals surface area contributed by atoms with Crippen LogP contribution in [-0.4, -0.2) is 19.6 Å². The van der Waals surface area contributed by atoms with Gasteiger partial charge in [-0.2, -0.15) is 0 Å². The van der Waals surface area contributed by atoms with Gasteiger partial charge in [0.2, 0.25) is 0 Å². The van der Waals surface area contributed by atoms with Crippen molar-refractivity contribution in [2.24, 2.45) is 0 Å². The minimum atomic E-state index is -0.161. The summed E-state index contributed by atoms with van der Waals surface area (Å²) in [5, 5.41) is 3.41. The molecule has 0 bridgehead atoms. The van der Waals surface area contributed by atoms with Crippen molar-refractivity contribution >= 4 is 34.8 Å². The molecule has 0 radical (unpaired) electrons. The maximum Gasteiger partial charge on any atom is 0.256 e. The third-order valence-electron chi connectivity index (χ3n) is 3.58. The summed E-state index contributed by atoms with van der Waals surface area (Å²) in [6.07, 6.45) is 1.80. The molecule has 0 aliphatic carbocycles. The third-order valence-corrected chi connectivity index (χ3v) is 3.81. The lowest BCUT2D eigenvalue weighted by Gasteiger charge is -2.12. The van der Waals surface area contributed by atoms with Crippen LogP contribution >= 0.6 is 11.6 Å². The topological polar surface area (TPSA) is 47.6 Å². The van der Waals surface area contributed by atoms with Crippen LogP contribution in [-0.2, 0) is 4.79 Å². The highest BCUT2D eigenvalue weighted by Crippen LogP contribution is 2.38. The Labute approximate surface area is 139 Å². The van der Waals surface area contributed by atoms with Crippen LogP contribution in [0.2, 0.25) is 5.02 Å². The molecule has 1 aliphatic rings. The van der Waals surface area contributed by atoms with Crippen LogP contribution in [0.3, 0.4) is 0 Å². The molecule has 1 amide bonds. The van der Waals surface area contributed by atoms with Crippen molar-refractivity contribution in [3.63, 3.8) is 0 Å². The highest BCUT2D eigenvalue weighted by molar-refractivity contribution is 6.36. The lowest BCUT2D eigenvalue weighted by atomic mass is 10.0. The lowest BCUT2D eigenvalue weighted by molar-refractivity contribution is -0.110. The monoisotopic (exact) mass is 329 g/mol. The maximum atomic E-state index is 12.3. The van der Waals surface area contributed by atoms with Crippen molar-refractivity contribution in [2.45, 2.75) is 6.92 Å². The largest absolute Gasteiger partial charge is 0.492 e. The molecule has 2 aromatic carbocycles. The van der Waals surface area contributed by atoms with Crippen LogP contribution in [0.15, 0.2) is 36.4 Å². The van der Waals surface area contributed by atoms with Crippen LogP contribution in [0.25, 0.3) is 11.6 Å². The van der Waals surface area contributed by atoms with E-state index in [1.165, 1.54) is 0 Å². The number of anilines is 1. The van der Waals surface area contributed by atoms with E-state index in [0.717, 1.165) is 11.1 Å². The number of methoxy groups -OCH3 is 1. The van der Waals surface area contributed by atoms with E-state index in [0.29, 0.717) is 34.4 Å². The average molecular weight is 330 g/mol. The molecule has 1 heterocycles. The first kappa shape index (κ1) is 15.4. The van der Waals surface area contributed by atoms with Gasteiger partial charge in [0.25, 0.3) is 5.91 Å². The molecular formula is C18H16ClNO3. The quantitative estimate of drug-likeness (QED) is 0.853. The number of hydrogen-bond donors (Lipinski definition) is 1. The van der Waals surface area contributed by atoms with Crippen molar-refractivity contribution in [3.05, 3.63) is 52.5 Å². The summed E-state index contributed by atoms with van der Waals surface area (Å²) < 4.78 is 11.0. The number of carbonyl (C=O) groups excluding carboxylic acids is 1. The van der Waals surface area contributed by atoms with E-state index in [9.17, 15) is 4.79 Å². The number of benzene rings is 2. The van der Waals surface area contributed by atoms with Crippen molar-refractivity contribution in [2.75, 3.05) is 19.0 Å². The fraction of sp³-hybridized carbons (Fsp3) is 0.167. The fourth-order valence-corrected chi connectivity index (χ4v) is 2.77. The Balaban J connectivity index is 2.09. The predicted molar refractivity (Wildman–Crippen MR) is 92.1 cm³/mol. The minimum Gasteiger partial charge on any atom is -0.492 e. The Morgan fingerprint density at radius 1 is 1.26 bits per heavy atom. The van der Waals surface area contributed by atoms with Gasteiger partial charge < -0.3 is 14.8 Å². The second kappa shape index (κ2) is 6.34. The number of halogens is 1. The van der Waals surface area contributed by atoms with Crippen molar-refractivity contribution in [3.8, 4) is 11.5 Å². The van der Waals surface area contributed by atoms with Crippen LogP contribution in [0.5, 0.6) is 11.5 Å². The number of rotatable bonds is 4. The summed E-state index contributed by atoms with van der Waals surface area (Å²) >= 11 is 5.97. The third kappa shape index (κ3) is 2.90. The van der Waals surface area contributed by atoms with Crippen molar-refractivity contribution < 1.29 is 14.3 Å². The molecule has 4 nitrogen and oxygen atoms in total. The zero-order valence-electron chi connectivity index (χ0n) is 12.9. The normalized spacial score (nSPS) is 14.6. The Kier molecular flexibility index (Phi) is 4.26. The molecule has 0 unspecified atom stereocenters. The molecule has 1 aliphatic heterocycles. The van der Waals surface area contributed by atoms with Crippen molar-refractivity contribution in [1.82, 2.24) is 0 Å². The van der Waals surface area contributed by atoms with E-state index in [1.807, 2.05) is 31.2 Å². The van der Waals surface area contributed by atoms with E-state index < -0.39 is 0 Å². The first-order valence-electron chi connectivity index (χ1n) is 7.26. The predicted octanol–water partition coefficient (Wildman–Crippen LogP) is 4.24. The SMILES string of the molecule is CCOc1cccc(C=C2C(=O)Nc3cc(Cl)ccc32)c1OC. The lowest BCUT2D eigenvalue weighted by Crippen LogP contribution is -2.04. The van der Waals surface area contributed by atoms with Gasteiger partial charge in [-0.15, -0.1) is 0 Å². The molecule has 0 spiro atoms. The summed E-state index contributed by atoms with van der Waals surface area (Å²) in [5.74, 6) is 1.10. The molecule has 3 rings (SSSR count). The van der Waals surface area contributed by atoms with Gasteiger partial charge in [-0.3, -0.25) is 4.79 Å². The molecule has 5 heteroatoms. The van der Waals surface area contributed by atoms with E-state index in [-0.39, 0.29) is 5.91 Å². The molecule has 1 N–H and O–H groups in total. The summed E-state index contributed by atoms with van der Waals surface area (Å²) in [5.41, 5.74) is 2.90. The van der Waals surface area contributed by atoms with Gasteiger partial charge in [0.1, 0.15) is 0 Å². The molecule has 0 saturated carbocycles. The summed E-state index contributed by atoms with van der Waals surface area (Å²) in [6.45, 7) is 2.45. The van der Waals surface area contributed by atoms with E-state index in [2.05, 4.69) is 5.32 Å². The number of carbonyl (C=O) groups is 1. The average Bonchev–Trinajstić information content (AvgIpc) is 2.83. The number of ether oxygens (including phenoxy) is 2. The molecule has 0 fully saturated rings. The summed E-state index contributed by atoms with van der Waals surface area (Å²) in [7, 11) is 1.59. The molecule has 0 atom stereocenters. The number of hydrogen-bond acceptors (Lipinski definition) is 3. The zero-order chi connectivity index (χ0) is 16.4. The Morgan fingerprint density at radius 3 is 2.83 bits per heavy atom. The smallest absolute Gasteiger partial charge is 0.256 e. The zero-order valence-corrected chi connectivity index (χ0v) is 13.6. The number of nitrogens with one attached hydrogen (secondary N) is 1. The van der Waals surface area contributed by atoms with Gasteiger partial charge in [0.05, 0.1) is 19.4 Å². The second-order valence-corrected chi connectivity index (χ2v) is 5.45.